The van der Waals surface area contributed by atoms with Gasteiger partial charge in [0.25, 0.3) is 5.91 Å². The number of sulfonamides is 1. The summed E-state index contributed by atoms with van der Waals surface area (Å²) >= 11 is 5.97. The molecule has 0 atom stereocenters. The van der Waals surface area contributed by atoms with Crippen molar-refractivity contribution >= 4 is 27.5 Å². The van der Waals surface area contributed by atoms with E-state index >= 15 is 0 Å². The van der Waals surface area contributed by atoms with Crippen LogP contribution in [0.4, 0.5) is 0 Å². The van der Waals surface area contributed by atoms with E-state index in [2.05, 4.69) is 0 Å². The molecule has 0 radical (unpaired) electrons. The van der Waals surface area contributed by atoms with Gasteiger partial charge in [-0.05, 0) is 44.9 Å². The molecule has 0 spiro atoms. The first-order valence-electron chi connectivity index (χ1n) is 8.10. The van der Waals surface area contributed by atoms with Gasteiger partial charge in [0.15, 0.2) is 6.61 Å². The number of likely N-dealkylation sites (N-methyl/N-ethyl adjacent to an activating group) is 1. The minimum Gasteiger partial charge on any atom is -0.482 e. The van der Waals surface area contributed by atoms with Crippen molar-refractivity contribution in [2.75, 3.05) is 32.8 Å². The summed E-state index contributed by atoms with van der Waals surface area (Å²) in [6.45, 7) is 5.71. The summed E-state index contributed by atoms with van der Waals surface area (Å²) in [5.41, 5.74) is 0. The fourth-order valence-corrected chi connectivity index (χ4v) is 4.59. The standard InChI is InChI=1S/C16H23ClN2O4S/c1-3-18(4-2)16(20)12-23-14-8-7-13(17)11-15(14)24(21,22)19-9-5-6-10-19/h7-8,11H,3-6,9-10,12H2,1-2H3. The zero-order chi connectivity index (χ0) is 17.7. The van der Waals surface area contributed by atoms with Crippen LogP contribution in [-0.2, 0) is 14.8 Å². The van der Waals surface area contributed by atoms with Crippen LogP contribution < -0.4 is 4.74 Å². The second-order valence-corrected chi connectivity index (χ2v) is 7.90. The van der Waals surface area contributed by atoms with Gasteiger partial charge in [-0.15, -0.1) is 0 Å². The van der Waals surface area contributed by atoms with Gasteiger partial charge in [0, 0.05) is 31.2 Å². The van der Waals surface area contributed by atoms with Crippen molar-refractivity contribution in [1.29, 1.82) is 0 Å². The molecule has 1 aliphatic rings. The van der Waals surface area contributed by atoms with Crippen molar-refractivity contribution in [3.05, 3.63) is 23.2 Å². The van der Waals surface area contributed by atoms with Gasteiger partial charge in [0.1, 0.15) is 10.6 Å². The van der Waals surface area contributed by atoms with Gasteiger partial charge in [-0.3, -0.25) is 4.79 Å². The summed E-state index contributed by atoms with van der Waals surface area (Å²) in [5.74, 6) is -0.0220. The molecule has 8 heteroatoms. The minimum atomic E-state index is -3.67. The molecule has 134 valence electrons. The fourth-order valence-electron chi connectivity index (χ4n) is 2.68. The second kappa shape index (κ2) is 8.18. The van der Waals surface area contributed by atoms with Crippen LogP contribution in [0.3, 0.4) is 0 Å². The summed E-state index contributed by atoms with van der Waals surface area (Å²) < 4.78 is 32.5. The first-order valence-corrected chi connectivity index (χ1v) is 9.92. The summed E-state index contributed by atoms with van der Waals surface area (Å²) in [6.07, 6.45) is 1.69. The Balaban J connectivity index is 2.23. The predicted molar refractivity (Wildman–Crippen MR) is 92.9 cm³/mol. The molecule has 1 aliphatic heterocycles. The van der Waals surface area contributed by atoms with E-state index in [9.17, 15) is 13.2 Å². The Kier molecular flexibility index (Phi) is 6.48. The third-order valence-electron chi connectivity index (χ3n) is 4.06. The molecule has 0 aliphatic carbocycles. The molecule has 1 heterocycles. The van der Waals surface area contributed by atoms with Crippen LogP contribution in [-0.4, -0.2) is 56.3 Å². The summed E-state index contributed by atoms with van der Waals surface area (Å²) in [6, 6.07) is 4.44. The summed E-state index contributed by atoms with van der Waals surface area (Å²) in [4.78, 5) is 13.7. The highest BCUT2D eigenvalue weighted by molar-refractivity contribution is 7.89. The van der Waals surface area contributed by atoms with Crippen molar-refractivity contribution in [2.45, 2.75) is 31.6 Å². The first kappa shape index (κ1) is 19.0. The van der Waals surface area contributed by atoms with Crippen LogP contribution in [0.5, 0.6) is 5.75 Å². The number of halogens is 1. The summed E-state index contributed by atoms with van der Waals surface area (Å²) in [7, 11) is -3.67. The van der Waals surface area contributed by atoms with Crippen molar-refractivity contribution in [3.8, 4) is 5.75 Å². The average molecular weight is 375 g/mol. The van der Waals surface area contributed by atoms with E-state index in [0.29, 0.717) is 31.2 Å². The zero-order valence-corrected chi connectivity index (χ0v) is 15.6. The topological polar surface area (TPSA) is 66.9 Å². The molecule has 1 amide bonds. The Labute approximate surface area is 148 Å². The van der Waals surface area contributed by atoms with Crippen LogP contribution in [0.25, 0.3) is 0 Å². The third kappa shape index (κ3) is 4.20. The number of nitrogens with zero attached hydrogens (tertiary/aromatic N) is 2. The fraction of sp³-hybridized carbons (Fsp3) is 0.562. The van der Waals surface area contributed by atoms with E-state index < -0.39 is 10.0 Å². The maximum atomic E-state index is 12.8. The average Bonchev–Trinajstić information content (AvgIpc) is 3.10. The predicted octanol–water partition coefficient (Wildman–Crippen LogP) is 2.37. The van der Waals surface area contributed by atoms with Crippen LogP contribution in [0.15, 0.2) is 23.1 Å². The number of amides is 1. The second-order valence-electron chi connectivity index (χ2n) is 5.56. The number of carbonyl (C=O) groups is 1. The molecule has 2 rings (SSSR count). The zero-order valence-electron chi connectivity index (χ0n) is 14.0. The lowest BCUT2D eigenvalue weighted by Crippen LogP contribution is -2.34. The number of carbonyl (C=O) groups excluding carboxylic acids is 1. The highest BCUT2D eigenvalue weighted by atomic mass is 35.5. The van der Waals surface area contributed by atoms with Gasteiger partial charge in [-0.1, -0.05) is 11.6 Å². The first-order chi connectivity index (χ1) is 11.4. The van der Waals surface area contributed by atoms with E-state index in [1.807, 2.05) is 13.8 Å². The van der Waals surface area contributed by atoms with E-state index in [4.69, 9.17) is 16.3 Å². The van der Waals surface area contributed by atoms with Crippen molar-refractivity contribution in [1.82, 2.24) is 9.21 Å². The number of hydrogen-bond donors (Lipinski definition) is 0. The van der Waals surface area contributed by atoms with Crippen LogP contribution in [0, 0.1) is 0 Å². The maximum absolute atomic E-state index is 12.8. The van der Waals surface area contributed by atoms with Crippen LogP contribution in [0.2, 0.25) is 5.02 Å². The minimum absolute atomic E-state index is 0.0178. The van der Waals surface area contributed by atoms with Crippen molar-refractivity contribution in [2.24, 2.45) is 0 Å². The molecule has 6 nitrogen and oxygen atoms in total. The van der Waals surface area contributed by atoms with E-state index in [-0.39, 0.29) is 23.2 Å². The van der Waals surface area contributed by atoms with Gasteiger partial charge in [-0.25, -0.2) is 8.42 Å². The third-order valence-corrected chi connectivity index (χ3v) is 6.21. The molecule has 1 aromatic rings. The maximum Gasteiger partial charge on any atom is 0.260 e. The number of ether oxygens (including phenoxy) is 1. The molecule has 0 unspecified atom stereocenters. The molecular formula is C16H23ClN2O4S. The van der Waals surface area contributed by atoms with Crippen molar-refractivity contribution in [3.63, 3.8) is 0 Å². The van der Waals surface area contributed by atoms with Gasteiger partial charge >= 0.3 is 0 Å². The monoisotopic (exact) mass is 374 g/mol. The van der Waals surface area contributed by atoms with E-state index in [1.54, 1.807) is 11.0 Å². The molecule has 0 N–H and O–H groups in total. The highest BCUT2D eigenvalue weighted by Crippen LogP contribution is 2.31. The lowest BCUT2D eigenvalue weighted by atomic mass is 10.3. The molecule has 24 heavy (non-hydrogen) atoms. The smallest absolute Gasteiger partial charge is 0.260 e. The van der Waals surface area contributed by atoms with Gasteiger partial charge < -0.3 is 9.64 Å². The molecule has 1 saturated heterocycles. The number of hydrogen-bond acceptors (Lipinski definition) is 4. The lowest BCUT2D eigenvalue weighted by molar-refractivity contribution is -0.133. The van der Waals surface area contributed by atoms with Gasteiger partial charge in [-0.2, -0.15) is 4.31 Å². The van der Waals surface area contributed by atoms with Crippen LogP contribution in [0.1, 0.15) is 26.7 Å². The Morgan fingerprint density at radius 1 is 1.25 bits per heavy atom. The Morgan fingerprint density at radius 2 is 1.88 bits per heavy atom. The van der Waals surface area contributed by atoms with Gasteiger partial charge in [0.2, 0.25) is 10.0 Å². The number of rotatable bonds is 7. The van der Waals surface area contributed by atoms with E-state index in [0.717, 1.165) is 12.8 Å². The molecule has 1 fully saturated rings. The summed E-state index contributed by atoms with van der Waals surface area (Å²) in [5, 5.41) is 0.315. The lowest BCUT2D eigenvalue weighted by Gasteiger charge is -2.21. The van der Waals surface area contributed by atoms with Crippen LogP contribution >= 0.6 is 11.6 Å². The Hall–Kier alpha value is -1.31. The Bertz CT molecular complexity index is 683. The molecule has 1 aromatic carbocycles. The quantitative estimate of drug-likeness (QED) is 0.734. The number of benzene rings is 1. The molecule has 0 bridgehead atoms. The van der Waals surface area contributed by atoms with Crippen molar-refractivity contribution < 1.29 is 17.9 Å². The SMILES string of the molecule is CCN(CC)C(=O)COc1ccc(Cl)cc1S(=O)(=O)N1CCCC1. The molecule has 0 aromatic heterocycles. The van der Waals surface area contributed by atoms with E-state index in [1.165, 1.54) is 16.4 Å². The highest BCUT2D eigenvalue weighted by Gasteiger charge is 2.30. The molecule has 0 saturated carbocycles. The largest absolute Gasteiger partial charge is 0.482 e. The normalized spacial score (nSPS) is 15.5. The van der Waals surface area contributed by atoms with Gasteiger partial charge in [0.05, 0.1) is 0 Å². The Morgan fingerprint density at radius 3 is 2.46 bits per heavy atom. The molecular weight excluding hydrogens is 352 g/mol.